The molecule has 0 amide bonds. The van der Waals surface area contributed by atoms with E-state index in [-0.39, 0.29) is 6.10 Å². The largest absolute Gasteiger partial charge is 0.496 e. The average molecular weight is 160 g/mol. The first-order valence-corrected chi connectivity index (χ1v) is 4.23. The minimum absolute atomic E-state index is 0.143. The van der Waals surface area contributed by atoms with Gasteiger partial charge in [-0.1, -0.05) is 6.58 Å². The van der Waals surface area contributed by atoms with Crippen LogP contribution in [0.25, 0.3) is 0 Å². The second kappa shape index (κ2) is 5.19. The Morgan fingerprint density at radius 3 is 2.70 bits per heavy atom. The van der Waals surface area contributed by atoms with E-state index in [1.54, 1.807) is 0 Å². The van der Waals surface area contributed by atoms with Gasteiger partial charge in [0.15, 0.2) is 0 Å². The van der Waals surface area contributed by atoms with Crippen LogP contribution in [0.15, 0.2) is 12.7 Å². The van der Waals surface area contributed by atoms with E-state index < -0.39 is 16.0 Å². The highest BCUT2D eigenvalue weighted by Crippen LogP contribution is 1.85. The lowest BCUT2D eigenvalue weighted by molar-refractivity contribution is -0.130. The topological polar surface area (TPSA) is 35.5 Å². The van der Waals surface area contributed by atoms with Gasteiger partial charge in [-0.15, -0.1) is 0 Å². The zero-order chi connectivity index (χ0) is 7.98. The highest BCUT2D eigenvalue weighted by atomic mass is 28.3. The average Bonchev–Trinajstić information content (AvgIpc) is 1.87. The van der Waals surface area contributed by atoms with E-state index in [1.807, 2.05) is 13.8 Å². The molecule has 0 fully saturated rings. The number of rotatable bonds is 4. The molecule has 3 nitrogen and oxygen atoms in total. The minimum atomic E-state index is -1.12. The van der Waals surface area contributed by atoms with E-state index in [1.165, 1.54) is 0 Å². The summed E-state index contributed by atoms with van der Waals surface area (Å²) < 4.78 is 9.72. The molecule has 0 aliphatic heterocycles. The van der Waals surface area contributed by atoms with Crippen molar-refractivity contribution in [1.29, 1.82) is 0 Å². The molecule has 0 aromatic carbocycles. The summed E-state index contributed by atoms with van der Waals surface area (Å²) in [6, 6.07) is 0. The molecule has 0 rings (SSSR count). The summed E-state index contributed by atoms with van der Waals surface area (Å²) in [5, 5.41) is 0. The monoisotopic (exact) mass is 160 g/mol. The maximum atomic E-state index is 10.4. The first kappa shape index (κ1) is 9.39. The van der Waals surface area contributed by atoms with Crippen molar-refractivity contribution in [1.82, 2.24) is 0 Å². The fourth-order valence-electron chi connectivity index (χ4n) is 0.287. The van der Waals surface area contributed by atoms with E-state index in [2.05, 4.69) is 11.0 Å². The van der Waals surface area contributed by atoms with Crippen molar-refractivity contribution in [2.45, 2.75) is 20.0 Å². The minimum Gasteiger partial charge on any atom is -0.496 e. The normalized spacial score (nSPS) is 10.7. The first-order chi connectivity index (χ1) is 4.66. The molecule has 0 saturated heterocycles. The van der Waals surface area contributed by atoms with Crippen LogP contribution in [-0.2, 0) is 13.6 Å². The van der Waals surface area contributed by atoms with E-state index in [0.717, 1.165) is 6.08 Å². The zero-order valence-electron chi connectivity index (χ0n) is 6.29. The van der Waals surface area contributed by atoms with E-state index in [0.29, 0.717) is 0 Å². The predicted molar refractivity (Wildman–Crippen MR) is 41.1 cm³/mol. The van der Waals surface area contributed by atoms with E-state index in [9.17, 15) is 4.79 Å². The Morgan fingerprint density at radius 1 is 1.70 bits per heavy atom. The molecule has 0 N–H and O–H groups in total. The summed E-state index contributed by atoms with van der Waals surface area (Å²) in [4.78, 5) is 10.4. The molecule has 4 heteroatoms. The molecule has 0 aliphatic rings. The Labute approximate surface area is 63.1 Å². The molecule has 0 radical (unpaired) electrons. The van der Waals surface area contributed by atoms with Crippen molar-refractivity contribution in [2.24, 2.45) is 0 Å². The summed E-state index contributed by atoms with van der Waals surface area (Å²) in [5.74, 6) is -0.396. The van der Waals surface area contributed by atoms with Gasteiger partial charge in [0, 0.05) is 12.2 Å². The Balaban J connectivity index is 3.19. The van der Waals surface area contributed by atoms with E-state index >= 15 is 0 Å². The molecule has 0 aromatic rings. The van der Waals surface area contributed by atoms with Crippen molar-refractivity contribution in [3.63, 3.8) is 0 Å². The standard InChI is InChI=1S/C6H12O3Si/c1-4-6(7)9-10-8-5(2)3/h4-5H,1,10H2,2-3H3. The van der Waals surface area contributed by atoms with Gasteiger partial charge >= 0.3 is 16.0 Å². The second-order valence-electron chi connectivity index (χ2n) is 2.00. The number of hydrogen-bond acceptors (Lipinski definition) is 3. The first-order valence-electron chi connectivity index (χ1n) is 3.07. The van der Waals surface area contributed by atoms with E-state index in [4.69, 9.17) is 4.43 Å². The van der Waals surface area contributed by atoms with Gasteiger partial charge in [0.2, 0.25) is 0 Å². The SMILES string of the molecule is C=CC(=O)O[SiH2]OC(C)C. The molecule has 10 heavy (non-hydrogen) atoms. The van der Waals surface area contributed by atoms with Crippen LogP contribution in [0.1, 0.15) is 13.8 Å². The quantitative estimate of drug-likeness (QED) is 0.433. The smallest absolute Gasteiger partial charge is 0.369 e. The third-order valence-corrected chi connectivity index (χ3v) is 1.97. The number of carbonyl (C=O) groups excluding carboxylic acids is 1. The maximum Gasteiger partial charge on any atom is 0.369 e. The van der Waals surface area contributed by atoms with Crippen LogP contribution in [0, 0.1) is 0 Å². The summed E-state index contributed by atoms with van der Waals surface area (Å²) in [6.45, 7) is 7.05. The van der Waals surface area contributed by atoms with Crippen molar-refractivity contribution < 1.29 is 13.6 Å². The summed E-state index contributed by atoms with van der Waals surface area (Å²) >= 11 is 0. The molecular weight excluding hydrogens is 148 g/mol. The number of carbonyl (C=O) groups is 1. The Hall–Kier alpha value is -0.613. The van der Waals surface area contributed by atoms with Crippen LogP contribution in [0.3, 0.4) is 0 Å². The van der Waals surface area contributed by atoms with Gasteiger partial charge in [0.05, 0.1) is 0 Å². The van der Waals surface area contributed by atoms with Crippen LogP contribution in [0.4, 0.5) is 0 Å². The Kier molecular flexibility index (Phi) is 4.88. The van der Waals surface area contributed by atoms with Gasteiger partial charge in [-0.2, -0.15) is 0 Å². The van der Waals surface area contributed by atoms with Crippen molar-refractivity contribution in [2.75, 3.05) is 0 Å². The van der Waals surface area contributed by atoms with Crippen LogP contribution in [0.5, 0.6) is 0 Å². The molecule has 0 aromatic heterocycles. The highest BCUT2D eigenvalue weighted by Gasteiger charge is 1.97. The van der Waals surface area contributed by atoms with Gasteiger partial charge in [-0.25, -0.2) is 4.79 Å². The third-order valence-electron chi connectivity index (χ3n) is 0.769. The van der Waals surface area contributed by atoms with Gasteiger partial charge in [0.1, 0.15) is 0 Å². The van der Waals surface area contributed by atoms with Crippen molar-refractivity contribution in [3.8, 4) is 0 Å². The summed E-state index contributed by atoms with van der Waals surface area (Å²) in [7, 11) is -1.12. The van der Waals surface area contributed by atoms with Crippen LogP contribution < -0.4 is 0 Å². The van der Waals surface area contributed by atoms with Crippen molar-refractivity contribution >= 4 is 16.0 Å². The molecule has 0 aliphatic carbocycles. The Morgan fingerprint density at radius 2 is 2.30 bits per heavy atom. The second-order valence-corrected chi connectivity index (χ2v) is 2.86. The van der Waals surface area contributed by atoms with Crippen LogP contribution in [0.2, 0.25) is 0 Å². The molecule has 0 bridgehead atoms. The molecule has 0 saturated carbocycles. The molecule has 0 heterocycles. The summed E-state index contributed by atoms with van der Waals surface area (Å²) in [5.41, 5.74) is 0. The van der Waals surface area contributed by atoms with Gasteiger partial charge < -0.3 is 8.85 Å². The molecule has 58 valence electrons. The lowest BCUT2D eigenvalue weighted by Gasteiger charge is -2.05. The van der Waals surface area contributed by atoms with Gasteiger partial charge in [-0.3, -0.25) is 0 Å². The fraction of sp³-hybridized carbons (Fsp3) is 0.500. The Bertz CT molecular complexity index is 122. The maximum absolute atomic E-state index is 10.4. The highest BCUT2D eigenvalue weighted by molar-refractivity contribution is 6.23. The van der Waals surface area contributed by atoms with Gasteiger partial charge in [-0.05, 0) is 13.8 Å². The lowest BCUT2D eigenvalue weighted by atomic mass is 10.5. The summed E-state index contributed by atoms with van der Waals surface area (Å²) in [6.07, 6.45) is 1.28. The third kappa shape index (κ3) is 5.52. The molecule has 0 unspecified atom stereocenters. The lowest BCUT2D eigenvalue weighted by Crippen LogP contribution is -2.13. The molecular formula is C6H12O3Si. The molecule has 0 atom stereocenters. The molecule has 0 spiro atoms. The number of hydrogen-bond donors (Lipinski definition) is 0. The fourth-order valence-corrected chi connectivity index (χ4v) is 0.861. The zero-order valence-corrected chi connectivity index (χ0v) is 7.71. The van der Waals surface area contributed by atoms with Gasteiger partial charge in [0.25, 0.3) is 0 Å². The van der Waals surface area contributed by atoms with Crippen molar-refractivity contribution in [3.05, 3.63) is 12.7 Å². The van der Waals surface area contributed by atoms with Crippen LogP contribution in [-0.4, -0.2) is 22.1 Å². The van der Waals surface area contributed by atoms with Crippen LogP contribution >= 0.6 is 0 Å². The predicted octanol–water partition coefficient (Wildman–Crippen LogP) is 0.139.